The highest BCUT2D eigenvalue weighted by molar-refractivity contribution is 7.69. The number of morpholine rings is 2. The van der Waals surface area contributed by atoms with E-state index in [1.165, 1.54) is 12.1 Å². The number of nitrogens with zero attached hydrogens (tertiary/aromatic N) is 4. The van der Waals surface area contributed by atoms with Crippen molar-refractivity contribution in [2.45, 2.75) is 0 Å². The quantitative estimate of drug-likeness (QED) is 0.342. The second kappa shape index (κ2) is 11.0. The van der Waals surface area contributed by atoms with Crippen molar-refractivity contribution < 1.29 is 23.9 Å². The molecule has 2 heterocycles. The molecule has 2 aromatic carbocycles. The maximum Gasteiger partial charge on any atom is 0.310 e. The molecule has 0 aliphatic carbocycles. The SMILES string of the molecule is O=C(COc1ccccc1[N+](=O)[O-])N=P(c1ccccc1)(N1CCOCC1)N1CCOCC1. The third-order valence-electron chi connectivity index (χ3n) is 5.53. The first-order valence-corrected chi connectivity index (χ1v) is 12.5. The monoisotopic (exact) mass is 474 g/mol. The van der Waals surface area contributed by atoms with E-state index >= 15 is 0 Å². The van der Waals surface area contributed by atoms with Gasteiger partial charge in [0.1, 0.15) is 7.36 Å². The molecule has 33 heavy (non-hydrogen) atoms. The van der Waals surface area contributed by atoms with E-state index < -0.39 is 18.2 Å². The summed E-state index contributed by atoms with van der Waals surface area (Å²) in [7, 11) is -2.64. The largest absolute Gasteiger partial charge is 0.477 e. The van der Waals surface area contributed by atoms with Crippen molar-refractivity contribution in [2.75, 3.05) is 59.2 Å². The van der Waals surface area contributed by atoms with E-state index in [-0.39, 0.29) is 18.0 Å². The molecule has 0 saturated carbocycles. The van der Waals surface area contributed by atoms with Gasteiger partial charge in [-0.1, -0.05) is 42.5 Å². The molecule has 10 nitrogen and oxygen atoms in total. The smallest absolute Gasteiger partial charge is 0.310 e. The van der Waals surface area contributed by atoms with Gasteiger partial charge < -0.3 is 14.2 Å². The van der Waals surface area contributed by atoms with E-state index in [1.54, 1.807) is 12.1 Å². The van der Waals surface area contributed by atoms with E-state index in [1.807, 2.05) is 30.3 Å². The Morgan fingerprint density at radius 3 is 2.06 bits per heavy atom. The minimum Gasteiger partial charge on any atom is -0.477 e. The Hall–Kier alpha value is -2.62. The standard InChI is InChI=1S/C22H27N4O6P/c27-22(18-32-21-9-5-4-8-20(21)26(28)29)23-33(19-6-2-1-3-7-19,24-10-14-30-15-11-24)25-12-16-31-17-13-25/h1-9H,10-18H2. The molecule has 0 radical (unpaired) electrons. The first kappa shape index (κ1) is 23.5. The van der Waals surface area contributed by atoms with E-state index in [4.69, 9.17) is 19.0 Å². The molecule has 0 N–H and O–H groups in total. The number of carbonyl (C=O) groups excluding carboxylic acids is 1. The van der Waals surface area contributed by atoms with Gasteiger partial charge in [-0.25, -0.2) is 9.34 Å². The van der Waals surface area contributed by atoms with Crippen molar-refractivity contribution in [1.82, 2.24) is 9.34 Å². The van der Waals surface area contributed by atoms with Crippen LogP contribution in [-0.4, -0.2) is 79.4 Å². The lowest BCUT2D eigenvalue weighted by atomic mass is 10.3. The molecule has 0 bridgehead atoms. The lowest BCUT2D eigenvalue weighted by molar-refractivity contribution is -0.385. The Balaban J connectivity index is 1.71. The molecule has 2 aliphatic rings. The predicted octanol–water partition coefficient (Wildman–Crippen LogP) is 2.52. The summed E-state index contributed by atoms with van der Waals surface area (Å²) in [5.74, 6) is -0.407. The number of benzene rings is 2. The van der Waals surface area contributed by atoms with Crippen molar-refractivity contribution in [3.05, 3.63) is 64.7 Å². The summed E-state index contributed by atoms with van der Waals surface area (Å²) in [6.45, 7) is 4.50. The average Bonchev–Trinajstić information content (AvgIpc) is 2.88. The van der Waals surface area contributed by atoms with Crippen LogP contribution in [0.1, 0.15) is 0 Å². The zero-order valence-electron chi connectivity index (χ0n) is 18.2. The number of hydrogen-bond acceptors (Lipinski definition) is 6. The van der Waals surface area contributed by atoms with Crippen molar-refractivity contribution in [3.8, 4) is 5.75 Å². The number of nitro benzene ring substituents is 1. The highest BCUT2D eigenvalue weighted by Gasteiger charge is 2.39. The minimum absolute atomic E-state index is 0.0486. The van der Waals surface area contributed by atoms with E-state index in [0.29, 0.717) is 52.6 Å². The highest BCUT2D eigenvalue weighted by atomic mass is 31.2. The molecule has 0 atom stereocenters. The fraction of sp³-hybridized carbons (Fsp3) is 0.409. The number of hydrogen-bond donors (Lipinski definition) is 0. The molecule has 2 aliphatic heterocycles. The van der Waals surface area contributed by atoms with Gasteiger partial charge in [-0.05, 0) is 6.07 Å². The van der Waals surface area contributed by atoms with Gasteiger partial charge in [0.2, 0.25) is 0 Å². The topological polar surface area (TPSA) is 107 Å². The first-order valence-electron chi connectivity index (χ1n) is 10.8. The number of nitro groups is 1. The third-order valence-corrected chi connectivity index (χ3v) is 9.40. The molecule has 4 rings (SSSR count). The second-order valence-electron chi connectivity index (χ2n) is 7.54. The average molecular weight is 474 g/mol. The molecule has 0 aromatic heterocycles. The van der Waals surface area contributed by atoms with Gasteiger partial charge in [0.25, 0.3) is 5.91 Å². The van der Waals surface area contributed by atoms with E-state index in [9.17, 15) is 14.9 Å². The first-order chi connectivity index (χ1) is 16.1. The van der Waals surface area contributed by atoms with E-state index in [0.717, 1.165) is 5.30 Å². The zero-order valence-corrected chi connectivity index (χ0v) is 19.1. The molecule has 0 spiro atoms. The number of carbonyl (C=O) groups is 1. The summed E-state index contributed by atoms with van der Waals surface area (Å²) < 4.78 is 26.1. The van der Waals surface area contributed by atoms with Gasteiger partial charge in [-0.15, -0.1) is 0 Å². The van der Waals surface area contributed by atoms with Crippen LogP contribution in [0.5, 0.6) is 5.75 Å². The fourth-order valence-electron chi connectivity index (χ4n) is 4.04. The Kier molecular flexibility index (Phi) is 7.85. The second-order valence-corrected chi connectivity index (χ2v) is 10.5. The molecular formula is C22H27N4O6P. The van der Waals surface area contributed by atoms with E-state index in [2.05, 4.69) is 9.34 Å². The summed E-state index contributed by atoms with van der Waals surface area (Å²) in [4.78, 5) is 24.0. The summed E-state index contributed by atoms with van der Waals surface area (Å²) >= 11 is 0. The van der Waals surface area contributed by atoms with Gasteiger partial charge >= 0.3 is 5.69 Å². The van der Waals surface area contributed by atoms with Crippen molar-refractivity contribution in [1.29, 1.82) is 0 Å². The number of rotatable bonds is 7. The molecule has 176 valence electrons. The zero-order chi connectivity index (χ0) is 23.1. The number of para-hydroxylation sites is 2. The molecular weight excluding hydrogens is 447 g/mol. The van der Waals surface area contributed by atoms with Crippen LogP contribution in [0.25, 0.3) is 0 Å². The molecule has 1 amide bonds. The summed E-state index contributed by atoms with van der Waals surface area (Å²) in [6, 6.07) is 15.9. The molecule has 11 heteroatoms. The Bertz CT molecular complexity index is 1000. The summed E-state index contributed by atoms with van der Waals surface area (Å²) in [5, 5.41) is 12.3. The highest BCUT2D eigenvalue weighted by Crippen LogP contribution is 2.56. The van der Waals surface area contributed by atoms with Crippen LogP contribution < -0.4 is 10.0 Å². The predicted molar refractivity (Wildman–Crippen MR) is 124 cm³/mol. The molecule has 2 aromatic rings. The number of ether oxygens (including phenoxy) is 3. The third kappa shape index (κ3) is 5.31. The lowest BCUT2D eigenvalue weighted by Crippen LogP contribution is -2.46. The van der Waals surface area contributed by atoms with Crippen LogP contribution in [-0.2, 0) is 14.3 Å². The Labute approximate surface area is 192 Å². The maximum absolute atomic E-state index is 13.2. The van der Waals surface area contributed by atoms with Crippen LogP contribution in [0.15, 0.2) is 59.3 Å². The summed E-state index contributed by atoms with van der Waals surface area (Å²) in [5.41, 5.74) is -0.184. The van der Waals surface area contributed by atoms with Gasteiger partial charge in [0.05, 0.1) is 31.4 Å². The van der Waals surface area contributed by atoms with Gasteiger partial charge in [0.15, 0.2) is 12.4 Å². The van der Waals surface area contributed by atoms with Crippen LogP contribution in [0.2, 0.25) is 0 Å². The van der Waals surface area contributed by atoms with Crippen molar-refractivity contribution in [2.24, 2.45) is 4.74 Å². The fourth-order valence-corrected chi connectivity index (χ4v) is 7.80. The van der Waals surface area contributed by atoms with Crippen LogP contribution >= 0.6 is 7.36 Å². The molecule has 2 saturated heterocycles. The van der Waals surface area contributed by atoms with Crippen molar-refractivity contribution in [3.63, 3.8) is 0 Å². The normalized spacial score (nSPS) is 17.9. The minimum atomic E-state index is -2.64. The Morgan fingerprint density at radius 2 is 1.48 bits per heavy atom. The summed E-state index contributed by atoms with van der Waals surface area (Å²) in [6.07, 6.45) is 0. The maximum atomic E-state index is 13.2. The van der Waals surface area contributed by atoms with Gasteiger partial charge in [0, 0.05) is 37.5 Å². The Morgan fingerprint density at radius 1 is 0.939 bits per heavy atom. The van der Waals surface area contributed by atoms with Gasteiger partial charge in [-0.2, -0.15) is 4.74 Å². The lowest BCUT2D eigenvalue weighted by Gasteiger charge is -2.46. The van der Waals surface area contributed by atoms with Gasteiger partial charge in [-0.3, -0.25) is 14.9 Å². The van der Waals surface area contributed by atoms with Crippen LogP contribution in [0.4, 0.5) is 5.69 Å². The number of amides is 1. The van der Waals surface area contributed by atoms with Crippen LogP contribution in [0.3, 0.4) is 0 Å². The van der Waals surface area contributed by atoms with Crippen molar-refractivity contribution >= 4 is 24.3 Å². The molecule has 2 fully saturated rings. The molecule has 0 unspecified atom stereocenters. The van der Waals surface area contributed by atoms with Crippen LogP contribution in [0, 0.1) is 10.1 Å².